The van der Waals surface area contributed by atoms with E-state index in [1.54, 1.807) is 6.92 Å². The van der Waals surface area contributed by atoms with Crippen LogP contribution in [0.3, 0.4) is 0 Å². The molecule has 0 fully saturated rings. The van der Waals surface area contributed by atoms with Gasteiger partial charge < -0.3 is 4.74 Å². The standard InChI is InChI=1S/C17H17F2NO4S/c1-11-4-6-13(17(21)24-3)9-16(11)25(22,23)20(2)10-12-5-7-14(18)15(19)8-12/h4-9H,10H2,1-3H3. The lowest BCUT2D eigenvalue weighted by Gasteiger charge is -2.19. The fourth-order valence-electron chi connectivity index (χ4n) is 2.27. The van der Waals surface area contributed by atoms with E-state index in [1.165, 1.54) is 38.4 Å². The quantitative estimate of drug-likeness (QED) is 0.761. The molecule has 134 valence electrons. The Hall–Kier alpha value is -2.32. The number of aryl methyl sites for hydroxylation is 1. The third-order valence-corrected chi connectivity index (χ3v) is 5.63. The Kier molecular flexibility index (Phi) is 5.54. The Balaban J connectivity index is 2.36. The number of halogens is 2. The lowest BCUT2D eigenvalue weighted by Crippen LogP contribution is -2.27. The first kappa shape index (κ1) is 19.0. The number of carbonyl (C=O) groups excluding carboxylic acids is 1. The van der Waals surface area contributed by atoms with E-state index in [1.807, 2.05) is 0 Å². The third kappa shape index (κ3) is 4.02. The van der Waals surface area contributed by atoms with Crippen LogP contribution in [-0.2, 0) is 21.3 Å². The highest BCUT2D eigenvalue weighted by Crippen LogP contribution is 2.23. The van der Waals surface area contributed by atoms with E-state index >= 15 is 0 Å². The molecule has 2 aromatic rings. The van der Waals surface area contributed by atoms with Crippen molar-refractivity contribution in [1.82, 2.24) is 4.31 Å². The summed E-state index contributed by atoms with van der Waals surface area (Å²) < 4.78 is 57.5. The maximum absolute atomic E-state index is 13.3. The molecule has 0 N–H and O–H groups in total. The van der Waals surface area contributed by atoms with E-state index in [0.29, 0.717) is 11.1 Å². The summed E-state index contributed by atoms with van der Waals surface area (Å²) in [5.74, 6) is -2.71. The SMILES string of the molecule is COC(=O)c1ccc(C)c(S(=O)(=O)N(C)Cc2ccc(F)c(F)c2)c1. The number of nitrogens with zero attached hydrogens (tertiary/aromatic N) is 1. The van der Waals surface area contributed by atoms with Crippen molar-refractivity contribution in [2.75, 3.05) is 14.2 Å². The van der Waals surface area contributed by atoms with Gasteiger partial charge in [-0.05, 0) is 42.3 Å². The fraction of sp³-hybridized carbons (Fsp3) is 0.235. The fourth-order valence-corrected chi connectivity index (χ4v) is 3.68. The Morgan fingerprint density at radius 1 is 1.12 bits per heavy atom. The number of methoxy groups -OCH3 is 1. The van der Waals surface area contributed by atoms with Gasteiger partial charge in [-0.3, -0.25) is 0 Å². The summed E-state index contributed by atoms with van der Waals surface area (Å²) in [7, 11) is -1.43. The number of rotatable bonds is 5. The number of hydrogen-bond donors (Lipinski definition) is 0. The maximum atomic E-state index is 13.3. The topological polar surface area (TPSA) is 63.7 Å². The Morgan fingerprint density at radius 3 is 2.40 bits per heavy atom. The Morgan fingerprint density at radius 2 is 1.80 bits per heavy atom. The van der Waals surface area contributed by atoms with Crippen molar-refractivity contribution >= 4 is 16.0 Å². The Bertz CT molecular complexity index is 913. The lowest BCUT2D eigenvalue weighted by molar-refractivity contribution is 0.0600. The second-order valence-corrected chi connectivity index (χ2v) is 7.49. The maximum Gasteiger partial charge on any atom is 0.337 e. The van der Waals surface area contributed by atoms with Gasteiger partial charge in [-0.25, -0.2) is 22.0 Å². The molecule has 5 nitrogen and oxygen atoms in total. The molecule has 2 aromatic carbocycles. The van der Waals surface area contributed by atoms with Crippen LogP contribution < -0.4 is 0 Å². The van der Waals surface area contributed by atoms with Crippen molar-refractivity contribution in [1.29, 1.82) is 0 Å². The van der Waals surface area contributed by atoms with Crippen molar-refractivity contribution in [3.8, 4) is 0 Å². The van der Waals surface area contributed by atoms with Gasteiger partial charge >= 0.3 is 5.97 Å². The highest BCUT2D eigenvalue weighted by molar-refractivity contribution is 7.89. The van der Waals surface area contributed by atoms with E-state index in [0.717, 1.165) is 16.4 Å². The van der Waals surface area contributed by atoms with E-state index in [4.69, 9.17) is 0 Å². The van der Waals surface area contributed by atoms with Gasteiger partial charge in [-0.1, -0.05) is 12.1 Å². The van der Waals surface area contributed by atoms with Crippen LogP contribution in [0.15, 0.2) is 41.3 Å². The van der Waals surface area contributed by atoms with Crippen LogP contribution in [0.1, 0.15) is 21.5 Å². The van der Waals surface area contributed by atoms with Crippen LogP contribution in [0, 0.1) is 18.6 Å². The van der Waals surface area contributed by atoms with E-state index in [9.17, 15) is 22.0 Å². The van der Waals surface area contributed by atoms with Crippen molar-refractivity contribution in [2.45, 2.75) is 18.4 Å². The molecule has 0 spiro atoms. The predicted octanol–water partition coefficient (Wildman–Crippen LogP) is 2.88. The second kappa shape index (κ2) is 7.28. The zero-order valence-electron chi connectivity index (χ0n) is 13.9. The highest BCUT2D eigenvalue weighted by Gasteiger charge is 2.24. The van der Waals surface area contributed by atoms with Crippen LogP contribution in [0.5, 0.6) is 0 Å². The van der Waals surface area contributed by atoms with E-state index in [-0.39, 0.29) is 17.0 Å². The average molecular weight is 369 g/mol. The van der Waals surface area contributed by atoms with Gasteiger partial charge in [0.2, 0.25) is 10.0 Å². The normalized spacial score (nSPS) is 11.6. The molecular formula is C17H17F2NO4S. The zero-order chi connectivity index (χ0) is 18.8. The number of esters is 1. The molecular weight excluding hydrogens is 352 g/mol. The first-order chi connectivity index (χ1) is 11.7. The van der Waals surface area contributed by atoms with Gasteiger partial charge in [0.1, 0.15) is 0 Å². The smallest absolute Gasteiger partial charge is 0.337 e. The average Bonchev–Trinajstić information content (AvgIpc) is 2.57. The van der Waals surface area contributed by atoms with Crippen LogP contribution in [-0.4, -0.2) is 32.8 Å². The van der Waals surface area contributed by atoms with Gasteiger partial charge in [0.15, 0.2) is 11.6 Å². The predicted molar refractivity (Wildman–Crippen MR) is 87.5 cm³/mol. The van der Waals surface area contributed by atoms with Gasteiger partial charge in [-0.15, -0.1) is 0 Å². The molecule has 0 aliphatic carbocycles. The lowest BCUT2D eigenvalue weighted by atomic mass is 10.1. The first-order valence-corrected chi connectivity index (χ1v) is 8.70. The summed E-state index contributed by atoms with van der Waals surface area (Å²) in [5, 5.41) is 0. The molecule has 25 heavy (non-hydrogen) atoms. The molecule has 0 saturated carbocycles. The minimum atomic E-state index is -3.95. The van der Waals surface area contributed by atoms with Crippen molar-refractivity contribution < 1.29 is 26.7 Å². The van der Waals surface area contributed by atoms with Crippen molar-refractivity contribution in [3.05, 3.63) is 64.7 Å². The van der Waals surface area contributed by atoms with Gasteiger partial charge in [0, 0.05) is 13.6 Å². The number of sulfonamides is 1. The molecule has 8 heteroatoms. The third-order valence-electron chi connectivity index (χ3n) is 3.69. The molecule has 2 rings (SSSR count). The molecule has 0 aliphatic rings. The number of ether oxygens (including phenoxy) is 1. The van der Waals surface area contributed by atoms with Crippen molar-refractivity contribution in [2.24, 2.45) is 0 Å². The molecule has 0 aliphatic heterocycles. The molecule has 0 bridgehead atoms. The first-order valence-electron chi connectivity index (χ1n) is 7.26. The highest BCUT2D eigenvalue weighted by atomic mass is 32.2. The van der Waals surface area contributed by atoms with Crippen LogP contribution in [0.4, 0.5) is 8.78 Å². The largest absolute Gasteiger partial charge is 0.465 e. The molecule has 0 unspecified atom stereocenters. The number of carbonyl (C=O) groups is 1. The van der Waals surface area contributed by atoms with Crippen LogP contribution in [0.25, 0.3) is 0 Å². The second-order valence-electron chi connectivity index (χ2n) is 5.48. The number of benzene rings is 2. The summed E-state index contributed by atoms with van der Waals surface area (Å²) in [4.78, 5) is 11.6. The Labute approximate surface area is 144 Å². The summed E-state index contributed by atoms with van der Waals surface area (Å²) in [6.45, 7) is 1.45. The summed E-state index contributed by atoms with van der Waals surface area (Å²) in [6, 6.07) is 7.40. The van der Waals surface area contributed by atoms with Crippen LogP contribution in [0.2, 0.25) is 0 Å². The van der Waals surface area contributed by atoms with Crippen molar-refractivity contribution in [3.63, 3.8) is 0 Å². The van der Waals surface area contributed by atoms with E-state index < -0.39 is 27.6 Å². The monoisotopic (exact) mass is 369 g/mol. The molecule has 0 aromatic heterocycles. The minimum Gasteiger partial charge on any atom is -0.465 e. The number of hydrogen-bond acceptors (Lipinski definition) is 4. The van der Waals surface area contributed by atoms with Gasteiger partial charge in [-0.2, -0.15) is 4.31 Å². The van der Waals surface area contributed by atoms with Gasteiger partial charge in [0.25, 0.3) is 0 Å². The van der Waals surface area contributed by atoms with Crippen LogP contribution >= 0.6 is 0 Å². The molecule has 0 saturated heterocycles. The van der Waals surface area contributed by atoms with E-state index in [2.05, 4.69) is 4.74 Å². The summed E-state index contributed by atoms with van der Waals surface area (Å²) in [5.41, 5.74) is 0.851. The summed E-state index contributed by atoms with van der Waals surface area (Å²) in [6.07, 6.45) is 0. The molecule has 0 heterocycles. The molecule has 0 amide bonds. The molecule has 0 atom stereocenters. The summed E-state index contributed by atoms with van der Waals surface area (Å²) >= 11 is 0. The molecule has 0 radical (unpaired) electrons. The zero-order valence-corrected chi connectivity index (χ0v) is 14.7. The minimum absolute atomic E-state index is 0.0551. The van der Waals surface area contributed by atoms with Gasteiger partial charge in [0.05, 0.1) is 17.6 Å².